The van der Waals surface area contributed by atoms with E-state index in [9.17, 15) is 21.6 Å². The maximum atomic E-state index is 12.9. The lowest BCUT2D eigenvalue weighted by molar-refractivity contribution is -0.127. The first-order valence-electron chi connectivity index (χ1n) is 7.10. The van der Waals surface area contributed by atoms with Gasteiger partial charge in [0.1, 0.15) is 18.2 Å². The lowest BCUT2D eigenvalue weighted by Crippen LogP contribution is -2.28. The molecular formula is C14H19ClF3N3O3S. The monoisotopic (exact) mass is 401 g/mol. The molecule has 6 nitrogen and oxygen atoms in total. The molecular weight excluding hydrogens is 383 g/mol. The predicted molar refractivity (Wildman–Crippen MR) is 92.5 cm³/mol. The minimum absolute atomic E-state index is 0. The van der Waals surface area contributed by atoms with Gasteiger partial charge in [0.05, 0.1) is 24.9 Å². The molecule has 0 atom stereocenters. The summed E-state index contributed by atoms with van der Waals surface area (Å²) in [5.41, 5.74) is -0.287. The summed E-state index contributed by atoms with van der Waals surface area (Å²) in [5, 5.41) is 2.95. The maximum Gasteiger partial charge on any atom is 0.393 e. The minimum Gasteiger partial charge on any atom is -0.485 e. The summed E-state index contributed by atoms with van der Waals surface area (Å²) in [6.07, 6.45) is -4.87. The Morgan fingerprint density at radius 1 is 1.36 bits per heavy atom. The molecule has 25 heavy (non-hydrogen) atoms. The van der Waals surface area contributed by atoms with Crippen molar-refractivity contribution in [3.8, 4) is 5.75 Å². The molecule has 0 aliphatic carbocycles. The van der Waals surface area contributed by atoms with E-state index in [0.717, 1.165) is 10.6 Å². The largest absolute Gasteiger partial charge is 0.485 e. The van der Waals surface area contributed by atoms with Crippen molar-refractivity contribution in [2.24, 2.45) is 4.99 Å². The number of sulfonamides is 1. The Kier molecular flexibility index (Phi) is 6.95. The number of aliphatic imine (C=N–C) groups is 1. The average Bonchev–Trinajstić information content (AvgIpc) is 2.96. The molecule has 1 N–H and O–H groups in total. The molecule has 1 aliphatic heterocycles. The fourth-order valence-electron chi connectivity index (χ4n) is 2.23. The quantitative estimate of drug-likeness (QED) is 0.791. The normalized spacial score (nSPS) is 14.4. The van der Waals surface area contributed by atoms with Gasteiger partial charge in [0.2, 0.25) is 10.0 Å². The van der Waals surface area contributed by atoms with E-state index in [2.05, 4.69) is 10.3 Å². The molecule has 11 heteroatoms. The fourth-order valence-corrected chi connectivity index (χ4v) is 2.76. The summed E-state index contributed by atoms with van der Waals surface area (Å²) < 4.78 is 68.5. The number of halogens is 4. The summed E-state index contributed by atoms with van der Waals surface area (Å²) >= 11 is 0. The first-order chi connectivity index (χ1) is 11.1. The van der Waals surface area contributed by atoms with Crippen LogP contribution in [0.4, 0.5) is 18.9 Å². The Morgan fingerprint density at radius 3 is 2.56 bits per heavy atom. The third kappa shape index (κ3) is 5.96. The van der Waals surface area contributed by atoms with Crippen LogP contribution in [0.2, 0.25) is 0 Å². The van der Waals surface area contributed by atoms with Gasteiger partial charge in [-0.3, -0.25) is 9.30 Å². The molecule has 0 saturated carbocycles. The summed E-state index contributed by atoms with van der Waals surface area (Å²) in [7, 11) is -2.50. The van der Waals surface area contributed by atoms with Crippen LogP contribution >= 0.6 is 12.4 Å². The molecule has 0 bridgehead atoms. The number of benzene rings is 1. The zero-order valence-electron chi connectivity index (χ0n) is 13.6. The zero-order valence-corrected chi connectivity index (χ0v) is 15.3. The van der Waals surface area contributed by atoms with Crippen LogP contribution in [0.1, 0.15) is 5.56 Å². The minimum atomic E-state index is -4.50. The molecule has 142 valence electrons. The molecule has 1 aromatic rings. The van der Waals surface area contributed by atoms with Gasteiger partial charge in [-0.2, -0.15) is 13.2 Å². The Hall–Kier alpha value is -1.68. The number of amidine groups is 1. The number of hydrogen-bond acceptors (Lipinski definition) is 5. The van der Waals surface area contributed by atoms with Crippen LogP contribution in [-0.2, 0) is 16.4 Å². The van der Waals surface area contributed by atoms with Gasteiger partial charge in [-0.1, -0.05) is 6.07 Å². The van der Waals surface area contributed by atoms with Crippen LogP contribution < -0.4 is 14.4 Å². The van der Waals surface area contributed by atoms with Gasteiger partial charge in [0, 0.05) is 19.2 Å². The van der Waals surface area contributed by atoms with Crippen molar-refractivity contribution < 1.29 is 26.3 Å². The van der Waals surface area contributed by atoms with Gasteiger partial charge < -0.3 is 10.1 Å². The molecule has 0 fully saturated rings. The number of alkyl halides is 3. The van der Waals surface area contributed by atoms with Gasteiger partial charge in [-0.25, -0.2) is 8.42 Å². The number of rotatable bonds is 6. The van der Waals surface area contributed by atoms with Crippen LogP contribution in [0.15, 0.2) is 23.2 Å². The molecule has 2 rings (SSSR count). The highest BCUT2D eigenvalue weighted by Gasteiger charge is 2.32. The molecule has 0 amide bonds. The SMILES string of the molecule is CN(c1cccc(OCC2=NCCN2)c1CC(F)(F)F)S(C)(=O)=O.Cl. The average molecular weight is 402 g/mol. The Morgan fingerprint density at radius 2 is 2.04 bits per heavy atom. The van der Waals surface area contributed by atoms with E-state index in [1.54, 1.807) is 0 Å². The molecule has 0 saturated heterocycles. The molecule has 1 aromatic carbocycles. The molecule has 0 unspecified atom stereocenters. The van der Waals surface area contributed by atoms with Gasteiger partial charge in [0.15, 0.2) is 0 Å². The Bertz CT molecular complexity index is 739. The third-order valence-electron chi connectivity index (χ3n) is 3.43. The molecule has 0 spiro atoms. The number of nitrogens with one attached hydrogen (secondary N) is 1. The number of hydrogen-bond donors (Lipinski definition) is 1. The van der Waals surface area contributed by atoms with E-state index in [1.165, 1.54) is 25.2 Å². The van der Waals surface area contributed by atoms with Gasteiger partial charge >= 0.3 is 6.18 Å². The van der Waals surface area contributed by atoms with Crippen LogP contribution in [-0.4, -0.2) is 53.4 Å². The summed E-state index contributed by atoms with van der Waals surface area (Å²) in [5.74, 6) is 0.534. The molecule has 1 heterocycles. The first-order valence-corrected chi connectivity index (χ1v) is 8.95. The molecule has 1 aliphatic rings. The van der Waals surface area contributed by atoms with Crippen LogP contribution in [0.5, 0.6) is 5.75 Å². The number of ether oxygens (including phenoxy) is 1. The van der Waals surface area contributed by atoms with Crippen molar-refractivity contribution in [3.05, 3.63) is 23.8 Å². The predicted octanol–water partition coefficient (Wildman–Crippen LogP) is 1.99. The lowest BCUT2D eigenvalue weighted by atomic mass is 10.1. The van der Waals surface area contributed by atoms with Gasteiger partial charge in [-0.05, 0) is 12.1 Å². The smallest absolute Gasteiger partial charge is 0.393 e. The van der Waals surface area contributed by atoms with E-state index >= 15 is 0 Å². The maximum absolute atomic E-state index is 12.9. The standard InChI is InChI=1S/C14H18F3N3O3S.ClH/c1-20(24(2,21)22)11-4-3-5-12(10(11)8-14(15,16)17)23-9-13-18-6-7-19-13;/h3-5H,6-9H2,1-2H3,(H,18,19);1H. The second-order valence-corrected chi connectivity index (χ2v) is 7.33. The third-order valence-corrected chi connectivity index (χ3v) is 4.62. The Balaban J connectivity index is 0.00000312. The van der Waals surface area contributed by atoms with Crippen molar-refractivity contribution in [1.29, 1.82) is 0 Å². The van der Waals surface area contributed by atoms with E-state index in [-0.39, 0.29) is 36.0 Å². The Labute approximate surface area is 150 Å². The van der Waals surface area contributed by atoms with Crippen molar-refractivity contribution in [2.45, 2.75) is 12.6 Å². The van der Waals surface area contributed by atoms with E-state index in [0.29, 0.717) is 18.9 Å². The molecule has 0 aromatic heterocycles. The van der Waals surface area contributed by atoms with Gasteiger partial charge in [-0.15, -0.1) is 12.4 Å². The van der Waals surface area contributed by atoms with E-state index in [4.69, 9.17) is 4.74 Å². The highest BCUT2D eigenvalue weighted by Crippen LogP contribution is 2.35. The van der Waals surface area contributed by atoms with Crippen molar-refractivity contribution >= 4 is 34.0 Å². The topological polar surface area (TPSA) is 71.0 Å². The number of nitrogens with zero attached hydrogens (tertiary/aromatic N) is 2. The second kappa shape index (κ2) is 8.13. The first kappa shape index (κ1) is 21.4. The van der Waals surface area contributed by atoms with Crippen LogP contribution in [0.25, 0.3) is 0 Å². The second-order valence-electron chi connectivity index (χ2n) is 5.32. The highest BCUT2D eigenvalue weighted by molar-refractivity contribution is 7.92. The summed E-state index contributed by atoms with van der Waals surface area (Å²) in [6, 6.07) is 4.16. The van der Waals surface area contributed by atoms with Crippen LogP contribution in [0.3, 0.4) is 0 Å². The fraction of sp³-hybridized carbons (Fsp3) is 0.500. The van der Waals surface area contributed by atoms with Crippen molar-refractivity contribution in [2.75, 3.05) is 37.3 Å². The van der Waals surface area contributed by atoms with Crippen molar-refractivity contribution in [1.82, 2.24) is 5.32 Å². The number of anilines is 1. The summed E-state index contributed by atoms with van der Waals surface area (Å²) in [4.78, 5) is 4.10. The highest BCUT2D eigenvalue weighted by atomic mass is 35.5. The van der Waals surface area contributed by atoms with Crippen LogP contribution in [0, 0.1) is 0 Å². The van der Waals surface area contributed by atoms with E-state index in [1.807, 2.05) is 0 Å². The lowest BCUT2D eigenvalue weighted by Gasteiger charge is -2.23. The van der Waals surface area contributed by atoms with Crippen molar-refractivity contribution in [3.63, 3.8) is 0 Å². The van der Waals surface area contributed by atoms with Gasteiger partial charge in [0.25, 0.3) is 0 Å². The molecule has 0 radical (unpaired) electrons. The summed E-state index contributed by atoms with van der Waals surface area (Å²) in [6.45, 7) is 1.24. The van der Waals surface area contributed by atoms with E-state index < -0.39 is 22.6 Å². The zero-order chi connectivity index (χ0) is 18.0.